The summed E-state index contributed by atoms with van der Waals surface area (Å²) in [5.74, 6) is 0.735. The second-order valence-corrected chi connectivity index (χ2v) is 10.4. The van der Waals surface area contributed by atoms with E-state index < -0.39 is 5.60 Å². The number of hydrogen-bond donors (Lipinski definition) is 2. The van der Waals surface area contributed by atoms with Crippen molar-refractivity contribution in [2.45, 2.75) is 51.7 Å². The SMILES string of the molecule is CC(C)c1ccc([C@](O)(c2cncc(N3CC[C@H]([C@@H](C)O)C3)c2)C2(C)CN(C)C2)cc1. The number of benzene rings is 1. The third kappa shape index (κ3) is 3.88. The van der Waals surface area contributed by atoms with Crippen LogP contribution in [0.3, 0.4) is 0 Å². The lowest BCUT2D eigenvalue weighted by Crippen LogP contribution is -2.63. The fraction of sp³-hybridized carbons (Fsp3) is 0.577. The van der Waals surface area contributed by atoms with E-state index in [1.54, 1.807) is 0 Å². The maximum Gasteiger partial charge on any atom is 0.124 e. The predicted octanol–water partition coefficient (Wildman–Crippen LogP) is 3.60. The van der Waals surface area contributed by atoms with Crippen LogP contribution in [0.25, 0.3) is 0 Å². The second kappa shape index (κ2) is 8.19. The first-order valence-corrected chi connectivity index (χ1v) is 11.5. The van der Waals surface area contributed by atoms with Gasteiger partial charge in [-0.25, -0.2) is 0 Å². The largest absolute Gasteiger partial charge is 0.393 e. The summed E-state index contributed by atoms with van der Waals surface area (Å²) < 4.78 is 0. The number of hydrogen-bond acceptors (Lipinski definition) is 5. The van der Waals surface area contributed by atoms with Crippen LogP contribution in [0.1, 0.15) is 56.7 Å². The molecule has 3 heterocycles. The molecule has 0 bridgehead atoms. The molecular formula is C26H37N3O2. The Morgan fingerprint density at radius 1 is 1.10 bits per heavy atom. The first-order chi connectivity index (χ1) is 14.6. The quantitative estimate of drug-likeness (QED) is 0.743. The smallest absolute Gasteiger partial charge is 0.124 e. The molecule has 2 aliphatic heterocycles. The molecule has 2 saturated heterocycles. The lowest BCUT2D eigenvalue weighted by Gasteiger charge is -2.56. The van der Waals surface area contributed by atoms with Gasteiger partial charge in [-0.3, -0.25) is 4.98 Å². The van der Waals surface area contributed by atoms with Gasteiger partial charge in [-0.15, -0.1) is 0 Å². The summed E-state index contributed by atoms with van der Waals surface area (Å²) in [6.07, 6.45) is 4.38. The van der Waals surface area contributed by atoms with Gasteiger partial charge in [-0.2, -0.15) is 0 Å². The average Bonchev–Trinajstić information content (AvgIpc) is 3.23. The molecule has 0 saturated carbocycles. The van der Waals surface area contributed by atoms with Crippen LogP contribution >= 0.6 is 0 Å². The van der Waals surface area contributed by atoms with Crippen molar-refractivity contribution in [3.63, 3.8) is 0 Å². The zero-order valence-corrected chi connectivity index (χ0v) is 19.5. The fourth-order valence-electron chi connectivity index (χ4n) is 5.56. The minimum absolute atomic E-state index is 0.281. The molecule has 0 unspecified atom stereocenters. The summed E-state index contributed by atoms with van der Waals surface area (Å²) in [5.41, 5.74) is 2.65. The number of nitrogens with zero attached hydrogens (tertiary/aromatic N) is 3. The van der Waals surface area contributed by atoms with Gasteiger partial charge >= 0.3 is 0 Å². The van der Waals surface area contributed by atoms with E-state index in [-0.39, 0.29) is 17.4 Å². The Morgan fingerprint density at radius 2 is 1.77 bits per heavy atom. The highest BCUT2D eigenvalue weighted by Crippen LogP contribution is 2.50. The molecule has 0 spiro atoms. The molecule has 5 heteroatoms. The standard InChI is InChI=1S/C26H37N3O2/c1-18(2)20-6-8-22(9-7-20)26(31,25(4)16-28(5)17-25)23-12-24(14-27-13-23)29-11-10-21(15-29)19(3)30/h6-9,12-14,18-19,21,30-31H,10-11,15-17H2,1-5H3/t19-,21+,26+/m1/s1. The first kappa shape index (κ1) is 22.3. The maximum atomic E-state index is 12.4. The van der Waals surface area contributed by atoms with Crippen LogP contribution in [0.15, 0.2) is 42.7 Å². The molecule has 2 N–H and O–H groups in total. The highest BCUT2D eigenvalue weighted by molar-refractivity contribution is 5.51. The first-order valence-electron chi connectivity index (χ1n) is 11.5. The van der Waals surface area contributed by atoms with Crippen molar-refractivity contribution in [2.75, 3.05) is 38.1 Å². The molecule has 1 aromatic heterocycles. The third-order valence-electron chi connectivity index (χ3n) is 7.52. The zero-order chi connectivity index (χ0) is 22.4. The van der Waals surface area contributed by atoms with Gasteiger partial charge in [0, 0.05) is 49.3 Å². The minimum Gasteiger partial charge on any atom is -0.393 e. The number of likely N-dealkylation sites (tertiary alicyclic amines) is 1. The molecule has 31 heavy (non-hydrogen) atoms. The van der Waals surface area contributed by atoms with Crippen molar-refractivity contribution in [1.29, 1.82) is 0 Å². The van der Waals surface area contributed by atoms with Crippen LogP contribution in [-0.2, 0) is 5.60 Å². The number of aliphatic hydroxyl groups excluding tert-OH is 1. The van der Waals surface area contributed by atoms with E-state index in [1.165, 1.54) is 5.56 Å². The monoisotopic (exact) mass is 423 g/mol. The highest BCUT2D eigenvalue weighted by Gasteiger charge is 2.55. The van der Waals surface area contributed by atoms with Crippen LogP contribution in [0.2, 0.25) is 0 Å². The van der Waals surface area contributed by atoms with Crippen molar-refractivity contribution in [1.82, 2.24) is 9.88 Å². The molecule has 5 nitrogen and oxygen atoms in total. The molecular weight excluding hydrogens is 386 g/mol. The van der Waals surface area contributed by atoms with E-state index in [0.29, 0.717) is 5.92 Å². The van der Waals surface area contributed by atoms with Gasteiger partial charge in [-0.05, 0) is 43.5 Å². The lowest BCUT2D eigenvalue weighted by molar-refractivity contribution is -0.127. The number of aromatic nitrogens is 1. The number of rotatable bonds is 6. The molecule has 3 atom stereocenters. The van der Waals surface area contributed by atoms with E-state index in [4.69, 9.17) is 0 Å². The Bertz CT molecular complexity index is 905. The van der Waals surface area contributed by atoms with Crippen molar-refractivity contribution in [3.05, 3.63) is 59.4 Å². The van der Waals surface area contributed by atoms with Crippen molar-refractivity contribution in [3.8, 4) is 0 Å². The number of anilines is 1. The van der Waals surface area contributed by atoms with Gasteiger partial charge in [0.05, 0.1) is 18.0 Å². The predicted molar refractivity (Wildman–Crippen MR) is 125 cm³/mol. The summed E-state index contributed by atoms with van der Waals surface area (Å²) >= 11 is 0. The van der Waals surface area contributed by atoms with Crippen LogP contribution in [-0.4, -0.2) is 59.4 Å². The van der Waals surface area contributed by atoms with E-state index in [0.717, 1.165) is 49.4 Å². The van der Waals surface area contributed by atoms with Crippen LogP contribution < -0.4 is 4.90 Å². The molecule has 4 rings (SSSR count). The molecule has 2 aromatic rings. The lowest BCUT2D eigenvalue weighted by atomic mass is 9.62. The van der Waals surface area contributed by atoms with Crippen LogP contribution in [0.4, 0.5) is 5.69 Å². The Balaban J connectivity index is 1.73. The molecule has 1 aromatic carbocycles. The summed E-state index contributed by atoms with van der Waals surface area (Å²) in [7, 11) is 2.10. The van der Waals surface area contributed by atoms with E-state index >= 15 is 0 Å². The molecule has 0 radical (unpaired) electrons. The van der Waals surface area contributed by atoms with Gasteiger partial charge in [-0.1, -0.05) is 45.0 Å². The normalized spacial score (nSPS) is 24.1. The van der Waals surface area contributed by atoms with Crippen LogP contribution in [0, 0.1) is 11.3 Å². The Hall–Kier alpha value is -1.95. The fourth-order valence-corrected chi connectivity index (χ4v) is 5.56. The Morgan fingerprint density at radius 3 is 2.32 bits per heavy atom. The van der Waals surface area contributed by atoms with E-state index in [2.05, 4.69) is 72.9 Å². The van der Waals surface area contributed by atoms with Gasteiger partial charge in [0.15, 0.2) is 0 Å². The van der Waals surface area contributed by atoms with Gasteiger partial charge < -0.3 is 20.0 Å². The van der Waals surface area contributed by atoms with Gasteiger partial charge in [0.1, 0.15) is 5.60 Å². The molecule has 0 amide bonds. The van der Waals surface area contributed by atoms with Crippen molar-refractivity contribution < 1.29 is 10.2 Å². The second-order valence-electron chi connectivity index (χ2n) is 10.4. The van der Waals surface area contributed by atoms with Gasteiger partial charge in [0.2, 0.25) is 0 Å². The van der Waals surface area contributed by atoms with E-state index in [1.807, 2.05) is 19.3 Å². The zero-order valence-electron chi connectivity index (χ0n) is 19.5. The maximum absolute atomic E-state index is 12.4. The summed E-state index contributed by atoms with van der Waals surface area (Å²) in [6.45, 7) is 11.8. The van der Waals surface area contributed by atoms with E-state index in [9.17, 15) is 10.2 Å². The number of pyridine rings is 1. The van der Waals surface area contributed by atoms with Crippen molar-refractivity contribution in [2.24, 2.45) is 11.3 Å². The molecule has 0 aliphatic carbocycles. The minimum atomic E-state index is -1.12. The molecule has 2 fully saturated rings. The third-order valence-corrected chi connectivity index (χ3v) is 7.52. The summed E-state index contributed by atoms with van der Waals surface area (Å²) in [6, 6.07) is 10.6. The molecule has 168 valence electrons. The van der Waals surface area contributed by atoms with Crippen molar-refractivity contribution >= 4 is 5.69 Å². The average molecular weight is 424 g/mol. The summed E-state index contributed by atoms with van der Waals surface area (Å²) in [4.78, 5) is 9.08. The van der Waals surface area contributed by atoms with Crippen LogP contribution in [0.5, 0.6) is 0 Å². The Labute approximate surface area is 186 Å². The Kier molecular flexibility index (Phi) is 5.88. The topological polar surface area (TPSA) is 59.8 Å². The highest BCUT2D eigenvalue weighted by atomic mass is 16.3. The molecule has 2 aliphatic rings. The summed E-state index contributed by atoms with van der Waals surface area (Å²) in [5, 5.41) is 22.4. The van der Waals surface area contributed by atoms with Gasteiger partial charge in [0.25, 0.3) is 0 Å². The number of aliphatic hydroxyl groups is 2.